The van der Waals surface area contributed by atoms with Crippen molar-refractivity contribution in [2.45, 2.75) is 121 Å². The lowest BCUT2D eigenvalue weighted by molar-refractivity contribution is 0.102. The van der Waals surface area contributed by atoms with Crippen LogP contribution in [0.25, 0.3) is 28.2 Å². The highest BCUT2D eigenvalue weighted by Gasteiger charge is 2.30. The summed E-state index contributed by atoms with van der Waals surface area (Å²) >= 11 is 0. The van der Waals surface area contributed by atoms with Gasteiger partial charge in [-0.1, -0.05) is 139 Å². The minimum atomic E-state index is -0.180. The maximum absolute atomic E-state index is 14.7. The Labute approximate surface area is 360 Å². The molecule has 1 aliphatic carbocycles. The fourth-order valence-electron chi connectivity index (χ4n) is 8.21. The van der Waals surface area contributed by atoms with Crippen LogP contribution in [0.2, 0.25) is 0 Å². The van der Waals surface area contributed by atoms with Crippen LogP contribution in [-0.2, 0) is 17.3 Å². The summed E-state index contributed by atoms with van der Waals surface area (Å²) in [5.41, 5.74) is 15.4. The molecule has 0 saturated carbocycles. The smallest absolute Gasteiger partial charge is 0.194 e. The van der Waals surface area contributed by atoms with Crippen molar-refractivity contribution in [3.05, 3.63) is 159 Å². The third kappa shape index (κ3) is 8.31. The van der Waals surface area contributed by atoms with E-state index in [1.165, 1.54) is 33.3 Å². The van der Waals surface area contributed by atoms with Gasteiger partial charge in [0.25, 0.3) is 0 Å². The Bertz CT molecular complexity index is 2630. The molecule has 0 atom stereocenters. The zero-order valence-corrected chi connectivity index (χ0v) is 38.9. The quantitative estimate of drug-likeness (QED) is 0.131. The average molecular weight is 799 g/mol. The highest BCUT2D eigenvalue weighted by Crippen LogP contribution is 2.44. The first-order chi connectivity index (χ1) is 28.0. The van der Waals surface area contributed by atoms with Crippen LogP contribution in [0.1, 0.15) is 157 Å². The fraction of sp³-hybridized carbons (Fsp3) is 0.357. The number of benzene rings is 4. The third-order valence-electron chi connectivity index (χ3n) is 12.1. The number of nitrogens with zero attached hydrogens (tertiary/aromatic N) is 2. The molecule has 0 radical (unpaired) electrons. The van der Waals surface area contributed by atoms with Gasteiger partial charge in [-0.2, -0.15) is 0 Å². The van der Waals surface area contributed by atoms with Crippen molar-refractivity contribution in [2.24, 2.45) is 10.8 Å². The van der Waals surface area contributed by atoms with Gasteiger partial charge in [0, 0.05) is 62.9 Å². The highest BCUT2D eigenvalue weighted by atomic mass is 16.1. The first kappa shape index (κ1) is 44.1. The van der Waals surface area contributed by atoms with Gasteiger partial charge in [-0.25, -0.2) is 0 Å². The van der Waals surface area contributed by atoms with Crippen LogP contribution in [0.15, 0.2) is 109 Å². The molecule has 60 heavy (non-hydrogen) atoms. The molecule has 1 aromatic heterocycles. The Kier molecular flexibility index (Phi) is 11.6. The van der Waals surface area contributed by atoms with Crippen molar-refractivity contribution in [1.82, 2.24) is 4.57 Å². The van der Waals surface area contributed by atoms with Crippen molar-refractivity contribution >= 4 is 46.0 Å². The van der Waals surface area contributed by atoms with Crippen molar-refractivity contribution in [2.75, 3.05) is 4.90 Å². The standard InChI is InChI=1S/C54H60N2O2.C2H6/c1-33-15-18-40(55-24-23-38(53(9,10)11)25-34(2)43-27-36(51(3,4)5)16-21-47(43)55)31-44(33)50(58)42-20-19-41(26-35(42)32-57)56-48-22-17-37(52(6,7)8)28-45(48)46-29-39(30-49(46)56)54(12,13)14;1-2/h15-29,31-32H,2,30H2,1,3-14H3;1-2H3/b24-23-,38-25+;. The van der Waals surface area contributed by atoms with Gasteiger partial charge in [-0.3, -0.25) is 9.59 Å². The molecule has 0 bridgehead atoms. The first-order valence-electron chi connectivity index (χ1n) is 21.6. The van der Waals surface area contributed by atoms with E-state index >= 15 is 0 Å². The SMILES string of the molecule is C=C1/C=C(C(C)(C)C)\C=C/N(c2ccc(C)c(C(=O)c3ccc(-n4c5c(c6cc(C(C)(C)C)ccc64)C=C(C(C)(C)C)C5)cc3C=O)c2)c2ccc(C(C)(C)C)cc21.CC. The first-order valence-corrected chi connectivity index (χ1v) is 21.6. The number of carbonyl (C=O) groups is 2. The van der Waals surface area contributed by atoms with Crippen molar-refractivity contribution in [3.63, 3.8) is 0 Å². The summed E-state index contributed by atoms with van der Waals surface area (Å²) in [6.45, 7) is 37.4. The summed E-state index contributed by atoms with van der Waals surface area (Å²) in [6, 6.07) is 25.1. The Balaban J connectivity index is 0.00000297. The summed E-state index contributed by atoms with van der Waals surface area (Å²) in [7, 11) is 0. The van der Waals surface area contributed by atoms with Gasteiger partial charge >= 0.3 is 0 Å². The van der Waals surface area contributed by atoms with Gasteiger partial charge in [-0.05, 0) is 117 Å². The molecule has 4 nitrogen and oxygen atoms in total. The molecule has 312 valence electrons. The lowest BCUT2D eigenvalue weighted by Gasteiger charge is -2.30. The summed E-state index contributed by atoms with van der Waals surface area (Å²) in [5, 5.41) is 1.21. The minimum absolute atomic E-state index is 0.00345. The molecule has 2 heterocycles. The molecule has 4 heteroatoms. The number of allylic oxidation sites excluding steroid dienone is 5. The van der Waals surface area contributed by atoms with Crippen LogP contribution >= 0.6 is 0 Å². The largest absolute Gasteiger partial charge is 0.317 e. The molecule has 0 saturated heterocycles. The fourth-order valence-corrected chi connectivity index (χ4v) is 8.21. The molecule has 0 spiro atoms. The summed E-state index contributed by atoms with van der Waals surface area (Å²) in [5.74, 6) is -0.180. The van der Waals surface area contributed by atoms with E-state index in [1.807, 2.05) is 51.1 Å². The average Bonchev–Trinajstić information content (AvgIpc) is 3.74. The van der Waals surface area contributed by atoms with E-state index in [-0.39, 0.29) is 27.4 Å². The molecule has 7 rings (SSSR count). The number of carbonyl (C=O) groups excluding carboxylic acids is 2. The second kappa shape index (κ2) is 15.8. The van der Waals surface area contributed by atoms with Crippen LogP contribution in [-0.4, -0.2) is 16.6 Å². The van der Waals surface area contributed by atoms with Gasteiger partial charge < -0.3 is 9.47 Å². The zero-order chi connectivity index (χ0) is 44.3. The number of aryl methyl sites for hydroxylation is 1. The second-order valence-corrected chi connectivity index (χ2v) is 20.5. The van der Waals surface area contributed by atoms with Crippen molar-refractivity contribution < 1.29 is 9.59 Å². The summed E-state index contributed by atoms with van der Waals surface area (Å²) < 4.78 is 2.30. The molecule has 4 aromatic carbocycles. The number of ketones is 1. The molecular weight excluding hydrogens is 733 g/mol. The van der Waals surface area contributed by atoms with Gasteiger partial charge in [-0.15, -0.1) is 0 Å². The van der Waals surface area contributed by atoms with Gasteiger partial charge in [0.2, 0.25) is 0 Å². The molecular formula is C56H66N2O2. The maximum Gasteiger partial charge on any atom is 0.194 e. The lowest BCUT2D eigenvalue weighted by atomic mass is 9.82. The molecule has 5 aromatic rings. The van der Waals surface area contributed by atoms with Crippen LogP contribution in [0, 0.1) is 17.8 Å². The molecule has 0 amide bonds. The molecule has 2 aliphatic rings. The van der Waals surface area contributed by atoms with Gasteiger partial charge in [0.1, 0.15) is 0 Å². The van der Waals surface area contributed by atoms with E-state index in [2.05, 4.69) is 166 Å². The predicted octanol–water partition coefficient (Wildman–Crippen LogP) is 15.2. The van der Waals surface area contributed by atoms with E-state index in [0.717, 1.165) is 57.6 Å². The second-order valence-electron chi connectivity index (χ2n) is 20.5. The van der Waals surface area contributed by atoms with Crippen LogP contribution in [0.3, 0.4) is 0 Å². The number of rotatable bonds is 5. The Morgan fingerprint density at radius 2 is 1.32 bits per heavy atom. The Hall–Kier alpha value is -5.48. The number of hydrogen-bond donors (Lipinski definition) is 0. The van der Waals surface area contributed by atoms with Crippen molar-refractivity contribution in [1.29, 1.82) is 0 Å². The monoisotopic (exact) mass is 799 g/mol. The molecule has 0 unspecified atom stereocenters. The molecule has 1 aliphatic heterocycles. The highest BCUT2D eigenvalue weighted by molar-refractivity contribution is 6.14. The van der Waals surface area contributed by atoms with Gasteiger partial charge in [0.05, 0.1) is 11.2 Å². The molecule has 0 N–H and O–H groups in total. The minimum Gasteiger partial charge on any atom is -0.317 e. The third-order valence-corrected chi connectivity index (χ3v) is 12.1. The molecule has 0 fully saturated rings. The number of aromatic nitrogens is 1. The van der Waals surface area contributed by atoms with E-state index in [4.69, 9.17) is 0 Å². The number of aldehydes is 1. The number of hydrogen-bond acceptors (Lipinski definition) is 3. The van der Waals surface area contributed by atoms with Crippen LogP contribution in [0.4, 0.5) is 11.4 Å². The van der Waals surface area contributed by atoms with E-state index in [0.29, 0.717) is 16.7 Å². The maximum atomic E-state index is 14.7. The lowest BCUT2D eigenvalue weighted by Crippen LogP contribution is -2.18. The Morgan fingerprint density at radius 1 is 0.683 bits per heavy atom. The normalized spacial score (nSPS) is 15.8. The zero-order valence-electron chi connectivity index (χ0n) is 38.9. The van der Waals surface area contributed by atoms with E-state index < -0.39 is 0 Å². The Morgan fingerprint density at radius 3 is 1.93 bits per heavy atom. The van der Waals surface area contributed by atoms with E-state index in [1.54, 1.807) is 0 Å². The van der Waals surface area contributed by atoms with Gasteiger partial charge in [0.15, 0.2) is 12.1 Å². The van der Waals surface area contributed by atoms with E-state index in [9.17, 15) is 9.59 Å². The topological polar surface area (TPSA) is 42.3 Å². The number of fused-ring (bicyclic) bond motifs is 4. The predicted molar refractivity (Wildman–Crippen MR) is 257 cm³/mol. The summed E-state index contributed by atoms with van der Waals surface area (Å²) in [6.07, 6.45) is 10.5. The van der Waals surface area contributed by atoms with Crippen LogP contribution < -0.4 is 4.90 Å². The van der Waals surface area contributed by atoms with Crippen molar-refractivity contribution in [3.8, 4) is 5.69 Å². The van der Waals surface area contributed by atoms with Crippen LogP contribution in [0.5, 0.6) is 0 Å². The summed E-state index contributed by atoms with van der Waals surface area (Å²) in [4.78, 5) is 29.8. The number of anilines is 2.